The third-order valence-corrected chi connectivity index (χ3v) is 2.91. The number of aryl methyl sites for hydroxylation is 2. The summed E-state index contributed by atoms with van der Waals surface area (Å²) in [5.41, 5.74) is 3.21. The van der Waals surface area contributed by atoms with E-state index in [2.05, 4.69) is 16.2 Å². The van der Waals surface area contributed by atoms with E-state index in [9.17, 15) is 5.11 Å². The van der Waals surface area contributed by atoms with Crippen LogP contribution >= 0.6 is 0 Å². The van der Waals surface area contributed by atoms with Gasteiger partial charge in [-0.05, 0) is 31.9 Å². The Bertz CT molecular complexity index is 534. The van der Waals surface area contributed by atoms with Crippen LogP contribution in [-0.2, 0) is 0 Å². The Hall–Kier alpha value is -1.68. The lowest BCUT2D eigenvalue weighted by molar-refractivity contribution is 0.153. The molecule has 0 saturated heterocycles. The van der Waals surface area contributed by atoms with Crippen molar-refractivity contribution in [3.05, 3.63) is 35.2 Å². The third kappa shape index (κ3) is 2.59. The lowest BCUT2D eigenvalue weighted by Gasteiger charge is -2.02. The van der Waals surface area contributed by atoms with Gasteiger partial charge in [-0.25, -0.2) is 0 Å². The predicted octanol–water partition coefficient (Wildman–Crippen LogP) is 3.19. The first-order chi connectivity index (χ1) is 8.61. The van der Waals surface area contributed by atoms with Crippen LogP contribution in [0.5, 0.6) is 0 Å². The Morgan fingerprint density at radius 1 is 1.33 bits per heavy atom. The first-order valence-electron chi connectivity index (χ1n) is 6.21. The molecule has 0 aliphatic heterocycles. The molecule has 1 unspecified atom stereocenters. The Balaban J connectivity index is 2.29. The van der Waals surface area contributed by atoms with Crippen molar-refractivity contribution in [1.82, 2.24) is 10.1 Å². The van der Waals surface area contributed by atoms with Crippen LogP contribution in [0, 0.1) is 13.8 Å². The minimum Gasteiger partial charge on any atom is -0.385 e. The summed E-state index contributed by atoms with van der Waals surface area (Å²) in [5, 5.41) is 13.6. The quantitative estimate of drug-likeness (QED) is 0.900. The Labute approximate surface area is 107 Å². The van der Waals surface area contributed by atoms with Gasteiger partial charge in [-0.3, -0.25) is 0 Å². The summed E-state index contributed by atoms with van der Waals surface area (Å²) in [6, 6.07) is 6.05. The van der Waals surface area contributed by atoms with E-state index in [0.717, 1.165) is 17.5 Å². The van der Waals surface area contributed by atoms with Crippen LogP contribution in [0.15, 0.2) is 22.7 Å². The van der Waals surface area contributed by atoms with E-state index in [0.29, 0.717) is 18.1 Å². The highest BCUT2D eigenvalue weighted by Gasteiger charge is 2.16. The molecule has 0 amide bonds. The molecule has 0 radical (unpaired) electrons. The highest BCUT2D eigenvalue weighted by atomic mass is 16.5. The number of benzene rings is 1. The summed E-state index contributed by atoms with van der Waals surface area (Å²) in [6.45, 7) is 6.06. The van der Waals surface area contributed by atoms with E-state index in [1.54, 1.807) is 0 Å². The van der Waals surface area contributed by atoms with Crippen LogP contribution in [0.1, 0.15) is 42.8 Å². The molecular weight excluding hydrogens is 228 g/mol. The number of rotatable bonds is 4. The van der Waals surface area contributed by atoms with Gasteiger partial charge >= 0.3 is 0 Å². The smallest absolute Gasteiger partial charge is 0.258 e. The lowest BCUT2D eigenvalue weighted by Crippen LogP contribution is -1.98. The molecule has 18 heavy (non-hydrogen) atoms. The van der Waals surface area contributed by atoms with Gasteiger partial charge < -0.3 is 9.63 Å². The molecule has 4 nitrogen and oxygen atoms in total. The van der Waals surface area contributed by atoms with E-state index in [-0.39, 0.29) is 0 Å². The average Bonchev–Trinajstić information content (AvgIpc) is 2.78. The van der Waals surface area contributed by atoms with Crippen molar-refractivity contribution in [2.24, 2.45) is 0 Å². The van der Waals surface area contributed by atoms with Crippen molar-refractivity contribution in [1.29, 1.82) is 0 Å². The van der Waals surface area contributed by atoms with Crippen molar-refractivity contribution in [3.8, 4) is 11.5 Å². The summed E-state index contributed by atoms with van der Waals surface area (Å²) in [5.74, 6) is 0.837. The zero-order chi connectivity index (χ0) is 13.1. The van der Waals surface area contributed by atoms with Crippen LogP contribution in [0.25, 0.3) is 11.5 Å². The summed E-state index contributed by atoms with van der Waals surface area (Å²) >= 11 is 0. The molecule has 1 atom stereocenters. The van der Waals surface area contributed by atoms with Gasteiger partial charge in [0.1, 0.15) is 6.10 Å². The average molecular weight is 246 g/mol. The monoisotopic (exact) mass is 246 g/mol. The molecule has 1 N–H and O–H groups in total. The van der Waals surface area contributed by atoms with E-state index in [1.807, 2.05) is 32.9 Å². The zero-order valence-corrected chi connectivity index (χ0v) is 11.0. The molecule has 0 aliphatic carbocycles. The van der Waals surface area contributed by atoms with Crippen molar-refractivity contribution >= 4 is 0 Å². The normalized spacial score (nSPS) is 12.7. The number of aliphatic hydroxyl groups is 1. The van der Waals surface area contributed by atoms with Crippen molar-refractivity contribution in [2.75, 3.05) is 0 Å². The second kappa shape index (κ2) is 5.31. The topological polar surface area (TPSA) is 59.2 Å². The fourth-order valence-electron chi connectivity index (χ4n) is 1.94. The molecule has 96 valence electrons. The number of hydrogen-bond donors (Lipinski definition) is 1. The van der Waals surface area contributed by atoms with Gasteiger partial charge in [0, 0.05) is 5.56 Å². The SMILES string of the molecule is CCCC(O)c1noc(-c2ccc(C)cc2C)n1. The molecule has 1 aromatic heterocycles. The van der Waals surface area contributed by atoms with Crippen LogP contribution in [0.3, 0.4) is 0 Å². The molecule has 2 aromatic rings. The maximum atomic E-state index is 9.81. The number of nitrogens with zero attached hydrogens (tertiary/aromatic N) is 2. The number of hydrogen-bond acceptors (Lipinski definition) is 4. The largest absolute Gasteiger partial charge is 0.385 e. The predicted molar refractivity (Wildman–Crippen MR) is 69.1 cm³/mol. The van der Waals surface area contributed by atoms with E-state index in [1.165, 1.54) is 5.56 Å². The molecular formula is C14H18N2O2. The molecule has 0 fully saturated rings. The first kappa shape index (κ1) is 12.8. The van der Waals surface area contributed by atoms with Gasteiger partial charge in [0.05, 0.1) is 0 Å². The van der Waals surface area contributed by atoms with Crippen molar-refractivity contribution < 1.29 is 9.63 Å². The maximum absolute atomic E-state index is 9.81. The minimum atomic E-state index is -0.641. The van der Waals surface area contributed by atoms with Gasteiger partial charge in [0.15, 0.2) is 0 Å². The molecule has 4 heteroatoms. The van der Waals surface area contributed by atoms with Gasteiger partial charge in [-0.1, -0.05) is 36.2 Å². The highest BCUT2D eigenvalue weighted by Crippen LogP contribution is 2.24. The van der Waals surface area contributed by atoms with Gasteiger partial charge in [0.2, 0.25) is 5.82 Å². The minimum absolute atomic E-state index is 0.367. The van der Waals surface area contributed by atoms with Crippen LogP contribution in [0.4, 0.5) is 0 Å². The summed E-state index contributed by atoms with van der Waals surface area (Å²) in [4.78, 5) is 4.26. The fourth-order valence-corrected chi connectivity index (χ4v) is 1.94. The molecule has 2 rings (SSSR count). The summed E-state index contributed by atoms with van der Waals surface area (Å²) in [6.07, 6.45) is 0.888. The lowest BCUT2D eigenvalue weighted by atomic mass is 10.1. The van der Waals surface area contributed by atoms with E-state index >= 15 is 0 Å². The highest BCUT2D eigenvalue weighted by molar-refractivity contribution is 5.58. The Kier molecular flexibility index (Phi) is 3.77. The van der Waals surface area contributed by atoms with Gasteiger partial charge in [-0.15, -0.1) is 0 Å². The standard InChI is InChI=1S/C14H18N2O2/c1-4-5-12(17)13-15-14(18-16-13)11-7-6-9(2)8-10(11)3/h6-8,12,17H,4-5H2,1-3H3. The second-order valence-electron chi connectivity index (χ2n) is 4.58. The van der Waals surface area contributed by atoms with Crippen LogP contribution in [0.2, 0.25) is 0 Å². The van der Waals surface area contributed by atoms with Gasteiger partial charge in [-0.2, -0.15) is 4.98 Å². The van der Waals surface area contributed by atoms with E-state index < -0.39 is 6.10 Å². The molecule has 0 saturated carbocycles. The molecule has 0 spiro atoms. The molecule has 0 bridgehead atoms. The Morgan fingerprint density at radius 2 is 2.11 bits per heavy atom. The third-order valence-electron chi connectivity index (χ3n) is 2.91. The van der Waals surface area contributed by atoms with E-state index in [4.69, 9.17) is 4.52 Å². The maximum Gasteiger partial charge on any atom is 0.258 e. The second-order valence-corrected chi connectivity index (χ2v) is 4.58. The summed E-state index contributed by atoms with van der Waals surface area (Å²) < 4.78 is 5.22. The Morgan fingerprint density at radius 3 is 2.78 bits per heavy atom. The number of aromatic nitrogens is 2. The molecule has 1 aromatic carbocycles. The first-order valence-corrected chi connectivity index (χ1v) is 6.21. The molecule has 0 aliphatic rings. The van der Waals surface area contributed by atoms with Crippen molar-refractivity contribution in [2.45, 2.75) is 39.7 Å². The molecule has 1 heterocycles. The zero-order valence-electron chi connectivity index (χ0n) is 11.0. The summed E-state index contributed by atoms with van der Waals surface area (Å²) in [7, 11) is 0. The van der Waals surface area contributed by atoms with Crippen molar-refractivity contribution in [3.63, 3.8) is 0 Å². The fraction of sp³-hybridized carbons (Fsp3) is 0.429. The van der Waals surface area contributed by atoms with Crippen LogP contribution in [-0.4, -0.2) is 15.2 Å². The van der Waals surface area contributed by atoms with Gasteiger partial charge in [0.25, 0.3) is 5.89 Å². The van der Waals surface area contributed by atoms with Crippen LogP contribution < -0.4 is 0 Å². The number of aliphatic hydroxyl groups excluding tert-OH is 1.